The molecule has 0 amide bonds. The molecule has 0 bridgehead atoms. The molecule has 2 aliphatic heterocycles. The third-order valence-corrected chi connectivity index (χ3v) is 10.0. The summed E-state index contributed by atoms with van der Waals surface area (Å²) >= 11 is 0. The van der Waals surface area contributed by atoms with Gasteiger partial charge in [0.05, 0.1) is 7.11 Å². The Morgan fingerprint density at radius 3 is 2.32 bits per heavy atom. The van der Waals surface area contributed by atoms with Crippen LogP contribution in [-0.4, -0.2) is 62.5 Å². The maximum absolute atomic E-state index is 13.6. The Balaban J connectivity index is 1.48. The van der Waals surface area contributed by atoms with Crippen LogP contribution in [0.5, 0.6) is 5.75 Å². The number of aryl methyl sites for hydroxylation is 1. The van der Waals surface area contributed by atoms with E-state index in [4.69, 9.17) is 14.2 Å². The van der Waals surface area contributed by atoms with Gasteiger partial charge in [0, 0.05) is 39.1 Å². The summed E-state index contributed by atoms with van der Waals surface area (Å²) in [7, 11) is -2.61. The van der Waals surface area contributed by atoms with Gasteiger partial charge in [0.15, 0.2) is 4.75 Å². The van der Waals surface area contributed by atoms with Crippen LogP contribution >= 0.6 is 0 Å². The molecular formula is C29H39NO6S. The molecule has 202 valence electrons. The Kier molecular flexibility index (Phi) is 8.02. The zero-order chi connectivity index (χ0) is 26.8. The molecule has 0 aromatic heterocycles. The van der Waals surface area contributed by atoms with Gasteiger partial charge in [-0.25, -0.2) is 12.7 Å². The highest BCUT2D eigenvalue weighted by molar-refractivity contribution is 7.91. The number of methoxy groups -OCH3 is 1. The van der Waals surface area contributed by atoms with Gasteiger partial charge in [-0.05, 0) is 80.8 Å². The number of rotatable bonds is 6. The number of hydrogen-bond acceptors (Lipinski definition) is 6. The minimum absolute atomic E-state index is 0.130. The standard InChI is InChI=1S/C29H39NO6S/c1-21-19-23(9-10-26(21)24-7-6-8-25(20-24)36-28(2,3)4)22-11-15-30(16-12-22)37(32,33)29(27(31)34-5)13-17-35-18-14-29/h6-10,19-20,22H,11-18H2,1-5H3. The van der Waals surface area contributed by atoms with Gasteiger partial charge in [0.1, 0.15) is 11.4 Å². The van der Waals surface area contributed by atoms with Crippen LogP contribution in [0.4, 0.5) is 0 Å². The van der Waals surface area contributed by atoms with Gasteiger partial charge in [-0.1, -0.05) is 30.3 Å². The van der Waals surface area contributed by atoms with Gasteiger partial charge in [-0.15, -0.1) is 0 Å². The molecule has 4 rings (SSSR count). The molecule has 0 N–H and O–H groups in total. The van der Waals surface area contributed by atoms with Crippen molar-refractivity contribution in [2.75, 3.05) is 33.4 Å². The first-order valence-corrected chi connectivity index (χ1v) is 14.5. The van der Waals surface area contributed by atoms with Crippen molar-refractivity contribution >= 4 is 16.0 Å². The molecule has 7 nitrogen and oxygen atoms in total. The van der Waals surface area contributed by atoms with Gasteiger partial charge < -0.3 is 14.2 Å². The fourth-order valence-electron chi connectivity index (χ4n) is 5.48. The lowest BCUT2D eigenvalue weighted by Gasteiger charge is -2.40. The van der Waals surface area contributed by atoms with Crippen LogP contribution in [0.2, 0.25) is 0 Å². The van der Waals surface area contributed by atoms with E-state index in [0.717, 1.165) is 16.9 Å². The van der Waals surface area contributed by atoms with E-state index in [2.05, 4.69) is 37.3 Å². The number of piperidine rings is 1. The molecule has 2 aromatic carbocycles. The highest BCUT2D eigenvalue weighted by atomic mass is 32.2. The highest BCUT2D eigenvalue weighted by Gasteiger charge is 2.55. The lowest BCUT2D eigenvalue weighted by atomic mass is 9.87. The molecule has 2 heterocycles. The van der Waals surface area contributed by atoms with E-state index in [1.54, 1.807) is 0 Å². The maximum Gasteiger partial charge on any atom is 0.328 e. The topological polar surface area (TPSA) is 82.1 Å². The molecule has 0 atom stereocenters. The van der Waals surface area contributed by atoms with Gasteiger partial charge in [0.25, 0.3) is 0 Å². The summed E-state index contributed by atoms with van der Waals surface area (Å²) in [6, 6.07) is 14.7. The summed E-state index contributed by atoms with van der Waals surface area (Å²) in [5.41, 5.74) is 4.39. The van der Waals surface area contributed by atoms with Gasteiger partial charge >= 0.3 is 5.97 Å². The maximum atomic E-state index is 13.6. The van der Waals surface area contributed by atoms with Crippen LogP contribution < -0.4 is 4.74 Å². The quantitative estimate of drug-likeness (QED) is 0.486. The van der Waals surface area contributed by atoms with E-state index in [-0.39, 0.29) is 37.6 Å². The fourth-order valence-corrected chi connectivity index (χ4v) is 7.64. The Labute approximate surface area is 221 Å². The Bertz CT molecular complexity index is 1220. The fraction of sp³-hybridized carbons (Fsp3) is 0.552. The van der Waals surface area contributed by atoms with Crippen molar-refractivity contribution in [2.24, 2.45) is 0 Å². The van der Waals surface area contributed by atoms with Crippen LogP contribution in [0, 0.1) is 6.92 Å². The number of sulfonamides is 1. The number of esters is 1. The molecule has 2 aromatic rings. The van der Waals surface area contributed by atoms with Crippen molar-refractivity contribution < 1.29 is 27.4 Å². The van der Waals surface area contributed by atoms with E-state index in [1.807, 2.05) is 32.9 Å². The molecule has 0 radical (unpaired) electrons. The van der Waals surface area contributed by atoms with Crippen LogP contribution in [-0.2, 0) is 24.3 Å². The normalized spacial score (nSPS) is 19.4. The second-order valence-corrected chi connectivity index (χ2v) is 13.3. The average Bonchev–Trinajstić information content (AvgIpc) is 2.87. The summed E-state index contributed by atoms with van der Waals surface area (Å²) in [4.78, 5) is 12.6. The van der Waals surface area contributed by atoms with Crippen LogP contribution in [0.15, 0.2) is 42.5 Å². The summed E-state index contributed by atoms with van der Waals surface area (Å²) in [6.07, 6.45) is 1.68. The van der Waals surface area contributed by atoms with E-state index < -0.39 is 20.7 Å². The largest absolute Gasteiger partial charge is 0.488 e. The summed E-state index contributed by atoms with van der Waals surface area (Å²) in [5.74, 6) is 0.427. The minimum Gasteiger partial charge on any atom is -0.488 e. The van der Waals surface area contributed by atoms with Crippen molar-refractivity contribution in [1.82, 2.24) is 4.31 Å². The summed E-state index contributed by atoms with van der Waals surface area (Å²) in [5, 5.41) is 0. The highest BCUT2D eigenvalue weighted by Crippen LogP contribution is 2.38. The SMILES string of the molecule is COC(=O)C1(S(=O)(=O)N2CCC(c3ccc(-c4cccc(OC(C)(C)C)c4)c(C)c3)CC2)CCOCC1. The molecule has 0 aliphatic carbocycles. The summed E-state index contributed by atoms with van der Waals surface area (Å²) in [6.45, 7) is 9.47. The number of hydrogen-bond donors (Lipinski definition) is 0. The molecular weight excluding hydrogens is 490 g/mol. The van der Waals surface area contributed by atoms with Gasteiger partial charge in [-0.3, -0.25) is 4.79 Å². The lowest BCUT2D eigenvalue weighted by Crippen LogP contribution is -2.57. The van der Waals surface area contributed by atoms with Crippen LogP contribution in [0.25, 0.3) is 11.1 Å². The Morgan fingerprint density at radius 2 is 1.73 bits per heavy atom. The second kappa shape index (κ2) is 10.8. The molecule has 0 spiro atoms. The van der Waals surface area contributed by atoms with Gasteiger partial charge in [-0.2, -0.15) is 0 Å². The Morgan fingerprint density at radius 1 is 1.05 bits per heavy atom. The smallest absolute Gasteiger partial charge is 0.328 e. The van der Waals surface area contributed by atoms with Gasteiger partial charge in [0.2, 0.25) is 10.0 Å². The predicted octanol–water partition coefficient (Wildman–Crippen LogP) is 5.07. The molecule has 2 aliphatic rings. The minimum atomic E-state index is -3.86. The van der Waals surface area contributed by atoms with E-state index in [0.29, 0.717) is 25.9 Å². The number of benzene rings is 2. The van der Waals surface area contributed by atoms with E-state index in [1.165, 1.54) is 22.5 Å². The monoisotopic (exact) mass is 529 g/mol. The third-order valence-electron chi connectivity index (χ3n) is 7.44. The van der Waals surface area contributed by atoms with Crippen LogP contribution in [0.1, 0.15) is 63.5 Å². The molecule has 0 unspecified atom stereocenters. The molecule has 8 heteroatoms. The average molecular weight is 530 g/mol. The first kappa shape index (κ1) is 27.6. The predicted molar refractivity (Wildman–Crippen MR) is 144 cm³/mol. The van der Waals surface area contributed by atoms with E-state index >= 15 is 0 Å². The number of carbonyl (C=O) groups excluding carboxylic acids is 1. The Hall–Kier alpha value is -2.42. The van der Waals surface area contributed by atoms with Crippen molar-refractivity contribution in [3.8, 4) is 16.9 Å². The first-order valence-electron chi connectivity index (χ1n) is 13.0. The zero-order valence-electron chi connectivity index (χ0n) is 22.6. The van der Waals surface area contributed by atoms with Crippen molar-refractivity contribution in [1.29, 1.82) is 0 Å². The van der Waals surface area contributed by atoms with Crippen molar-refractivity contribution in [2.45, 2.75) is 69.6 Å². The van der Waals surface area contributed by atoms with Crippen molar-refractivity contribution in [3.05, 3.63) is 53.6 Å². The number of ether oxygens (including phenoxy) is 3. The zero-order valence-corrected chi connectivity index (χ0v) is 23.4. The second-order valence-electron chi connectivity index (χ2n) is 11.1. The van der Waals surface area contributed by atoms with Crippen molar-refractivity contribution in [3.63, 3.8) is 0 Å². The van der Waals surface area contributed by atoms with E-state index in [9.17, 15) is 13.2 Å². The first-order chi connectivity index (χ1) is 17.5. The lowest BCUT2D eigenvalue weighted by molar-refractivity contribution is -0.146. The third kappa shape index (κ3) is 5.71. The number of nitrogens with zero attached hydrogens (tertiary/aromatic N) is 1. The molecule has 0 saturated carbocycles. The van der Waals surface area contributed by atoms with Crippen LogP contribution in [0.3, 0.4) is 0 Å². The molecule has 2 fully saturated rings. The number of carbonyl (C=O) groups is 1. The summed E-state index contributed by atoms with van der Waals surface area (Å²) < 4.78 is 43.6. The molecule has 37 heavy (non-hydrogen) atoms. The molecule has 2 saturated heterocycles.